The van der Waals surface area contributed by atoms with Crippen molar-refractivity contribution in [3.8, 4) is 0 Å². The minimum absolute atomic E-state index is 0.149. The fourth-order valence-corrected chi connectivity index (χ4v) is 10.6. The molecule has 284 valence electrons. The SMILES string of the molecule is CCCOC(=O)c1c(NC(=O)CCSCCC(=O)Nc2sc3c(c2C(=O)OCCC)CCC(C(C)(C)CC)C3)sc2c1CCC(C(C)(C)CC)C2. The number of fused-ring (bicyclic) bond motifs is 2. The highest BCUT2D eigenvalue weighted by molar-refractivity contribution is 7.99. The number of amides is 2. The molecule has 2 amide bonds. The lowest BCUT2D eigenvalue weighted by Gasteiger charge is -2.36. The van der Waals surface area contributed by atoms with Crippen LogP contribution in [-0.4, -0.2) is 48.5 Å². The molecule has 0 saturated carbocycles. The topological polar surface area (TPSA) is 111 Å². The van der Waals surface area contributed by atoms with Crippen LogP contribution in [0.15, 0.2) is 0 Å². The molecular weight excluding hydrogens is 701 g/mol. The number of nitrogens with one attached hydrogen (secondary N) is 2. The van der Waals surface area contributed by atoms with Gasteiger partial charge in [0.2, 0.25) is 11.8 Å². The van der Waals surface area contributed by atoms with Gasteiger partial charge in [-0.3, -0.25) is 9.59 Å². The zero-order valence-electron chi connectivity index (χ0n) is 32.1. The highest BCUT2D eigenvalue weighted by atomic mass is 32.2. The van der Waals surface area contributed by atoms with Crippen molar-refractivity contribution in [2.24, 2.45) is 22.7 Å². The summed E-state index contributed by atoms with van der Waals surface area (Å²) in [7, 11) is 0. The van der Waals surface area contributed by atoms with Gasteiger partial charge in [0.15, 0.2) is 0 Å². The first kappa shape index (κ1) is 41.4. The summed E-state index contributed by atoms with van der Waals surface area (Å²) in [5.74, 6) is 1.15. The van der Waals surface area contributed by atoms with Gasteiger partial charge in [-0.15, -0.1) is 22.7 Å². The maximum atomic E-state index is 13.2. The average Bonchev–Trinajstić information content (AvgIpc) is 3.65. The molecule has 2 aliphatic carbocycles. The third-order valence-electron chi connectivity index (χ3n) is 11.3. The Bertz CT molecular complexity index is 1430. The molecule has 0 aromatic carbocycles. The molecule has 11 heteroatoms. The Hall–Kier alpha value is -2.37. The van der Waals surface area contributed by atoms with Crippen LogP contribution < -0.4 is 10.6 Å². The van der Waals surface area contributed by atoms with E-state index in [2.05, 4.69) is 52.2 Å². The van der Waals surface area contributed by atoms with Gasteiger partial charge in [-0.2, -0.15) is 11.8 Å². The predicted molar refractivity (Wildman–Crippen MR) is 213 cm³/mol. The van der Waals surface area contributed by atoms with Crippen molar-refractivity contribution in [3.05, 3.63) is 32.0 Å². The summed E-state index contributed by atoms with van der Waals surface area (Å²) in [4.78, 5) is 54.9. The number of hydrogen-bond acceptors (Lipinski definition) is 9. The summed E-state index contributed by atoms with van der Waals surface area (Å²) < 4.78 is 11.1. The Morgan fingerprint density at radius 1 is 0.686 bits per heavy atom. The van der Waals surface area contributed by atoms with Gasteiger partial charge in [0.1, 0.15) is 10.0 Å². The number of ether oxygens (including phenoxy) is 2. The van der Waals surface area contributed by atoms with E-state index < -0.39 is 0 Å². The van der Waals surface area contributed by atoms with Crippen molar-refractivity contribution in [2.45, 2.75) is 132 Å². The smallest absolute Gasteiger partial charge is 0.341 e. The molecule has 0 bridgehead atoms. The normalized spacial score (nSPS) is 17.3. The van der Waals surface area contributed by atoms with Gasteiger partial charge < -0.3 is 20.1 Å². The number of carbonyl (C=O) groups excluding carboxylic acids is 4. The molecule has 2 unspecified atom stereocenters. The monoisotopic (exact) mass is 760 g/mol. The lowest BCUT2D eigenvalue weighted by atomic mass is 9.69. The molecule has 0 radical (unpaired) electrons. The third-order valence-corrected chi connectivity index (χ3v) is 14.6. The van der Waals surface area contributed by atoms with E-state index in [1.54, 1.807) is 11.8 Å². The molecule has 2 atom stereocenters. The fraction of sp³-hybridized carbons (Fsp3) is 0.700. The summed E-state index contributed by atoms with van der Waals surface area (Å²) in [6, 6.07) is 0. The molecule has 2 aliphatic rings. The van der Waals surface area contributed by atoms with Gasteiger partial charge in [0.05, 0.1) is 24.3 Å². The molecule has 2 aromatic heterocycles. The van der Waals surface area contributed by atoms with Gasteiger partial charge in [0, 0.05) is 34.1 Å². The first-order valence-electron chi connectivity index (χ1n) is 19.1. The minimum Gasteiger partial charge on any atom is -0.462 e. The number of anilines is 2. The number of carbonyl (C=O) groups is 4. The summed E-state index contributed by atoms with van der Waals surface area (Å²) in [6.07, 6.45) is 9.70. The Morgan fingerprint density at radius 3 is 1.43 bits per heavy atom. The third kappa shape index (κ3) is 10.4. The molecule has 0 fully saturated rings. The zero-order valence-corrected chi connectivity index (χ0v) is 34.6. The number of hydrogen-bond donors (Lipinski definition) is 2. The largest absolute Gasteiger partial charge is 0.462 e. The van der Waals surface area contributed by atoms with Crippen LogP contribution in [0, 0.1) is 22.7 Å². The van der Waals surface area contributed by atoms with Gasteiger partial charge in [-0.1, -0.05) is 68.2 Å². The van der Waals surface area contributed by atoms with Gasteiger partial charge in [-0.05, 0) is 85.2 Å². The van der Waals surface area contributed by atoms with E-state index in [0.717, 1.165) is 75.3 Å². The lowest BCUT2D eigenvalue weighted by Crippen LogP contribution is -2.28. The molecule has 2 aromatic rings. The van der Waals surface area contributed by atoms with E-state index in [0.29, 0.717) is 57.7 Å². The van der Waals surface area contributed by atoms with Crippen molar-refractivity contribution in [1.29, 1.82) is 0 Å². The second-order valence-corrected chi connectivity index (χ2v) is 18.9. The van der Waals surface area contributed by atoms with E-state index in [9.17, 15) is 19.2 Å². The first-order chi connectivity index (χ1) is 24.3. The molecule has 2 heterocycles. The summed E-state index contributed by atoms with van der Waals surface area (Å²) in [5.41, 5.74) is 3.57. The maximum absolute atomic E-state index is 13.2. The van der Waals surface area contributed by atoms with Gasteiger partial charge in [0.25, 0.3) is 0 Å². The molecule has 0 aliphatic heterocycles. The van der Waals surface area contributed by atoms with Crippen molar-refractivity contribution in [3.63, 3.8) is 0 Å². The van der Waals surface area contributed by atoms with Crippen molar-refractivity contribution < 1.29 is 28.7 Å². The van der Waals surface area contributed by atoms with Crippen LogP contribution in [0.2, 0.25) is 0 Å². The van der Waals surface area contributed by atoms with Crippen LogP contribution in [0.25, 0.3) is 0 Å². The molecule has 0 saturated heterocycles. The van der Waals surface area contributed by atoms with Crippen LogP contribution in [0.1, 0.15) is 148 Å². The van der Waals surface area contributed by atoms with Crippen LogP contribution in [0.5, 0.6) is 0 Å². The minimum atomic E-state index is -0.351. The number of thiophene rings is 2. The Labute approximate surface area is 318 Å². The van der Waals surface area contributed by atoms with Crippen LogP contribution in [0.3, 0.4) is 0 Å². The van der Waals surface area contributed by atoms with Crippen molar-refractivity contribution in [1.82, 2.24) is 0 Å². The lowest BCUT2D eigenvalue weighted by molar-refractivity contribution is -0.116. The molecule has 4 rings (SSSR count). The van der Waals surface area contributed by atoms with E-state index >= 15 is 0 Å². The van der Waals surface area contributed by atoms with Crippen molar-refractivity contribution in [2.75, 3.05) is 35.4 Å². The Balaban J connectivity index is 1.33. The predicted octanol–water partition coefficient (Wildman–Crippen LogP) is 10.1. The van der Waals surface area contributed by atoms with Gasteiger partial charge in [-0.25, -0.2) is 9.59 Å². The molecular formula is C40H60N2O6S3. The zero-order chi connectivity index (χ0) is 37.3. The average molecular weight is 761 g/mol. The first-order valence-corrected chi connectivity index (χ1v) is 21.9. The number of esters is 2. The van der Waals surface area contributed by atoms with Crippen LogP contribution in [0.4, 0.5) is 10.0 Å². The number of rotatable bonds is 18. The summed E-state index contributed by atoms with van der Waals surface area (Å²) in [5, 5.41) is 7.28. The quantitative estimate of drug-likeness (QED) is 0.115. The standard InChI is InChI=1S/C40H60N2O6S3/c1-9-19-47-37(45)33-27-15-13-25(39(5,6)11-3)23-29(27)50-35(33)41-31(43)17-21-49-22-18-32(44)42-36-34(38(46)48-20-10-2)28-16-14-26(24-30(28)51-36)40(7,8)12-4/h25-26H,9-24H2,1-8H3,(H,41,43)(H,42,44). The molecule has 0 spiro atoms. The van der Waals surface area contributed by atoms with Crippen LogP contribution in [-0.2, 0) is 44.7 Å². The second kappa shape index (κ2) is 18.6. The molecule has 8 nitrogen and oxygen atoms in total. The van der Waals surface area contributed by atoms with E-state index in [1.807, 2.05) is 13.8 Å². The highest BCUT2D eigenvalue weighted by Crippen LogP contribution is 2.47. The molecule has 2 N–H and O–H groups in total. The summed E-state index contributed by atoms with van der Waals surface area (Å²) >= 11 is 4.59. The number of thioether (sulfide) groups is 1. The van der Waals surface area contributed by atoms with E-state index in [1.165, 1.54) is 32.4 Å². The van der Waals surface area contributed by atoms with Crippen molar-refractivity contribution >= 4 is 68.2 Å². The fourth-order valence-electron chi connectivity index (χ4n) is 7.04. The highest BCUT2D eigenvalue weighted by Gasteiger charge is 2.37. The van der Waals surface area contributed by atoms with E-state index in [-0.39, 0.29) is 47.4 Å². The van der Waals surface area contributed by atoms with Crippen LogP contribution >= 0.6 is 34.4 Å². The Kier molecular flexibility index (Phi) is 15.1. The maximum Gasteiger partial charge on any atom is 0.341 e. The Morgan fingerprint density at radius 2 is 1.08 bits per heavy atom. The second-order valence-electron chi connectivity index (χ2n) is 15.5. The molecule has 51 heavy (non-hydrogen) atoms. The van der Waals surface area contributed by atoms with Gasteiger partial charge >= 0.3 is 11.9 Å². The van der Waals surface area contributed by atoms with E-state index in [4.69, 9.17) is 9.47 Å². The summed E-state index contributed by atoms with van der Waals surface area (Å²) in [6.45, 7) is 18.4.